The largest absolute Gasteiger partial charge is 0.491 e. The predicted octanol–water partition coefficient (Wildman–Crippen LogP) is 2.89. The Labute approximate surface area is 163 Å². The van der Waals surface area contributed by atoms with E-state index in [0.29, 0.717) is 37.6 Å². The van der Waals surface area contributed by atoms with Crippen LogP contribution in [0.3, 0.4) is 0 Å². The van der Waals surface area contributed by atoms with E-state index in [1.54, 1.807) is 29.2 Å². The second kappa shape index (κ2) is 9.75. The second-order valence-corrected chi connectivity index (χ2v) is 6.31. The fourth-order valence-electron chi connectivity index (χ4n) is 2.79. The first-order valence-electron chi connectivity index (χ1n) is 9.04. The molecule has 0 bridgehead atoms. The standard InChI is InChI=1S/C21H23NO6/c1-25-20(23)17-7-9-18(10-8-17)27-15-19-13-22(11-12-26-19)21(24)28-14-16-5-3-2-4-6-16/h2-10,19H,11-15H2,1H3. The van der Waals surface area contributed by atoms with Gasteiger partial charge in [-0.2, -0.15) is 0 Å². The van der Waals surface area contributed by atoms with Gasteiger partial charge in [-0.1, -0.05) is 30.3 Å². The van der Waals surface area contributed by atoms with Gasteiger partial charge >= 0.3 is 12.1 Å². The van der Waals surface area contributed by atoms with Gasteiger partial charge in [0.25, 0.3) is 0 Å². The van der Waals surface area contributed by atoms with E-state index >= 15 is 0 Å². The van der Waals surface area contributed by atoms with Crippen LogP contribution in [0.1, 0.15) is 15.9 Å². The molecule has 0 aromatic heterocycles. The first-order chi connectivity index (χ1) is 13.7. The lowest BCUT2D eigenvalue weighted by molar-refractivity contribution is -0.0459. The van der Waals surface area contributed by atoms with Crippen LogP contribution in [-0.4, -0.2) is 56.5 Å². The van der Waals surface area contributed by atoms with Crippen molar-refractivity contribution in [1.82, 2.24) is 4.90 Å². The monoisotopic (exact) mass is 385 g/mol. The number of carbonyl (C=O) groups excluding carboxylic acids is 2. The molecule has 2 aromatic carbocycles. The zero-order valence-electron chi connectivity index (χ0n) is 15.7. The highest BCUT2D eigenvalue weighted by Crippen LogP contribution is 2.15. The lowest BCUT2D eigenvalue weighted by Gasteiger charge is -2.32. The van der Waals surface area contributed by atoms with Crippen molar-refractivity contribution in [1.29, 1.82) is 0 Å². The number of benzene rings is 2. The summed E-state index contributed by atoms with van der Waals surface area (Å²) in [6.07, 6.45) is -0.613. The van der Waals surface area contributed by atoms with E-state index in [1.807, 2.05) is 30.3 Å². The SMILES string of the molecule is COC(=O)c1ccc(OCC2CN(C(=O)OCc3ccccc3)CCO2)cc1. The lowest BCUT2D eigenvalue weighted by atomic mass is 10.2. The molecule has 0 saturated carbocycles. The summed E-state index contributed by atoms with van der Waals surface area (Å²) in [5, 5.41) is 0. The van der Waals surface area contributed by atoms with E-state index in [9.17, 15) is 9.59 Å². The van der Waals surface area contributed by atoms with Crippen molar-refractivity contribution in [2.75, 3.05) is 33.4 Å². The van der Waals surface area contributed by atoms with Crippen molar-refractivity contribution >= 4 is 12.1 Å². The average Bonchev–Trinajstić information content (AvgIpc) is 2.76. The lowest BCUT2D eigenvalue weighted by Crippen LogP contribution is -2.47. The number of methoxy groups -OCH3 is 1. The Balaban J connectivity index is 1.45. The quantitative estimate of drug-likeness (QED) is 0.712. The fraction of sp³-hybridized carbons (Fsp3) is 0.333. The minimum atomic E-state index is -0.396. The number of carbonyl (C=O) groups is 2. The van der Waals surface area contributed by atoms with Crippen LogP contribution in [0, 0.1) is 0 Å². The summed E-state index contributed by atoms with van der Waals surface area (Å²) in [6, 6.07) is 16.2. The van der Waals surface area contributed by atoms with E-state index in [1.165, 1.54) is 7.11 Å². The van der Waals surface area contributed by atoms with Gasteiger partial charge in [0.2, 0.25) is 0 Å². The molecular formula is C21H23NO6. The summed E-state index contributed by atoms with van der Waals surface area (Å²) >= 11 is 0. The molecule has 7 nitrogen and oxygen atoms in total. The maximum atomic E-state index is 12.3. The van der Waals surface area contributed by atoms with Gasteiger partial charge in [0.1, 0.15) is 25.1 Å². The highest BCUT2D eigenvalue weighted by Gasteiger charge is 2.25. The number of hydrogen-bond donors (Lipinski definition) is 0. The van der Waals surface area contributed by atoms with Crippen molar-refractivity contribution in [2.45, 2.75) is 12.7 Å². The Morgan fingerprint density at radius 1 is 1.11 bits per heavy atom. The molecule has 0 aliphatic carbocycles. The van der Waals surface area contributed by atoms with Crippen LogP contribution >= 0.6 is 0 Å². The maximum Gasteiger partial charge on any atom is 0.410 e. The molecule has 0 radical (unpaired) electrons. The molecule has 7 heteroatoms. The van der Waals surface area contributed by atoms with E-state index < -0.39 is 5.97 Å². The van der Waals surface area contributed by atoms with Crippen LogP contribution < -0.4 is 4.74 Å². The van der Waals surface area contributed by atoms with Crippen molar-refractivity contribution in [2.24, 2.45) is 0 Å². The fourth-order valence-corrected chi connectivity index (χ4v) is 2.79. The Morgan fingerprint density at radius 2 is 1.86 bits per heavy atom. The second-order valence-electron chi connectivity index (χ2n) is 6.31. The highest BCUT2D eigenvalue weighted by molar-refractivity contribution is 5.89. The Hall–Kier alpha value is -3.06. The van der Waals surface area contributed by atoms with Crippen LogP contribution in [0.25, 0.3) is 0 Å². The van der Waals surface area contributed by atoms with E-state index in [2.05, 4.69) is 4.74 Å². The first-order valence-corrected chi connectivity index (χ1v) is 9.04. The van der Waals surface area contributed by atoms with Crippen LogP contribution in [0.4, 0.5) is 4.79 Å². The number of morpholine rings is 1. The molecule has 1 fully saturated rings. The highest BCUT2D eigenvalue weighted by atomic mass is 16.6. The van der Waals surface area contributed by atoms with Crippen molar-refractivity contribution in [3.8, 4) is 5.75 Å². The van der Waals surface area contributed by atoms with Gasteiger partial charge in [0.05, 0.1) is 25.8 Å². The summed E-state index contributed by atoms with van der Waals surface area (Å²) in [4.78, 5) is 25.4. The van der Waals surface area contributed by atoms with Gasteiger partial charge in [-0.15, -0.1) is 0 Å². The van der Waals surface area contributed by atoms with Crippen LogP contribution in [-0.2, 0) is 20.8 Å². The third kappa shape index (κ3) is 5.47. The minimum absolute atomic E-state index is 0.241. The first kappa shape index (κ1) is 19.7. The molecule has 1 saturated heterocycles. The van der Waals surface area contributed by atoms with Gasteiger partial charge in [-0.05, 0) is 29.8 Å². The molecule has 1 aliphatic rings. The van der Waals surface area contributed by atoms with Crippen LogP contribution in [0.5, 0.6) is 5.75 Å². The summed E-state index contributed by atoms with van der Waals surface area (Å²) in [6.45, 7) is 1.84. The van der Waals surface area contributed by atoms with Gasteiger partial charge < -0.3 is 23.8 Å². The zero-order valence-corrected chi connectivity index (χ0v) is 15.7. The van der Waals surface area contributed by atoms with Gasteiger partial charge in [0, 0.05) is 6.54 Å². The average molecular weight is 385 g/mol. The molecule has 1 aliphatic heterocycles. The third-order valence-electron chi connectivity index (χ3n) is 4.31. The van der Waals surface area contributed by atoms with Crippen LogP contribution in [0.2, 0.25) is 0 Å². The molecule has 148 valence electrons. The Bertz CT molecular complexity index is 777. The van der Waals surface area contributed by atoms with Crippen molar-refractivity contribution in [3.63, 3.8) is 0 Å². The number of hydrogen-bond acceptors (Lipinski definition) is 6. The smallest absolute Gasteiger partial charge is 0.410 e. The van der Waals surface area contributed by atoms with Crippen molar-refractivity contribution < 1.29 is 28.5 Å². The van der Waals surface area contributed by atoms with E-state index in [0.717, 1.165) is 5.56 Å². The zero-order chi connectivity index (χ0) is 19.8. The van der Waals surface area contributed by atoms with Gasteiger partial charge in [-0.3, -0.25) is 0 Å². The Kier molecular flexibility index (Phi) is 6.86. The van der Waals surface area contributed by atoms with Crippen molar-refractivity contribution in [3.05, 3.63) is 65.7 Å². The number of esters is 1. The number of nitrogens with zero attached hydrogens (tertiary/aromatic N) is 1. The molecule has 2 aromatic rings. The maximum absolute atomic E-state index is 12.3. The molecule has 1 heterocycles. The summed E-state index contributed by atoms with van der Waals surface area (Å²) in [7, 11) is 1.34. The number of ether oxygens (including phenoxy) is 4. The summed E-state index contributed by atoms with van der Waals surface area (Å²) in [5.41, 5.74) is 1.40. The van der Waals surface area contributed by atoms with E-state index in [-0.39, 0.29) is 18.8 Å². The summed E-state index contributed by atoms with van der Waals surface area (Å²) in [5.74, 6) is 0.215. The molecule has 0 spiro atoms. The van der Waals surface area contributed by atoms with Crippen LogP contribution in [0.15, 0.2) is 54.6 Å². The van der Waals surface area contributed by atoms with E-state index in [4.69, 9.17) is 14.2 Å². The third-order valence-corrected chi connectivity index (χ3v) is 4.31. The number of rotatable bonds is 6. The minimum Gasteiger partial charge on any atom is -0.491 e. The Morgan fingerprint density at radius 3 is 2.57 bits per heavy atom. The summed E-state index contributed by atoms with van der Waals surface area (Å²) < 4.78 is 21.4. The van der Waals surface area contributed by atoms with Gasteiger partial charge in [-0.25, -0.2) is 9.59 Å². The molecule has 1 amide bonds. The number of amides is 1. The molecule has 1 unspecified atom stereocenters. The predicted molar refractivity (Wildman–Crippen MR) is 101 cm³/mol. The van der Waals surface area contributed by atoms with Gasteiger partial charge in [0.15, 0.2) is 0 Å². The molecule has 28 heavy (non-hydrogen) atoms. The molecule has 3 rings (SSSR count). The topological polar surface area (TPSA) is 74.3 Å². The normalized spacial score (nSPS) is 16.3. The molecule has 1 atom stereocenters. The molecular weight excluding hydrogens is 362 g/mol. The molecule has 0 N–H and O–H groups in total.